The molecule has 0 heterocycles. The zero-order chi connectivity index (χ0) is 6.24. The van der Waals surface area contributed by atoms with Crippen molar-refractivity contribution in [2.45, 2.75) is 26.2 Å². The van der Waals surface area contributed by atoms with Crippen LogP contribution in [0.3, 0.4) is 0 Å². The molecule has 0 bridgehead atoms. The predicted octanol–water partition coefficient (Wildman–Crippen LogP) is 2.96. The van der Waals surface area contributed by atoms with Gasteiger partial charge in [-0.05, 0) is 12.8 Å². The maximum absolute atomic E-state index is 4.03. The van der Waals surface area contributed by atoms with E-state index >= 15 is 0 Å². The van der Waals surface area contributed by atoms with Gasteiger partial charge >= 0.3 is 0 Å². The Morgan fingerprint density at radius 3 is 2.75 bits per heavy atom. The van der Waals surface area contributed by atoms with Crippen molar-refractivity contribution in [2.24, 2.45) is 0 Å². The molecule has 0 aliphatic heterocycles. The molecular weight excluding hydrogens is 136 g/mol. The Bertz CT molecular complexity index is 31.5. The summed E-state index contributed by atoms with van der Waals surface area (Å²) in [4.78, 5) is 0. The third kappa shape index (κ3) is 6.70. The van der Waals surface area contributed by atoms with Crippen molar-refractivity contribution >= 4 is 22.5 Å². The SMILES string of the molecule is C[CH]CCCCSS. The van der Waals surface area contributed by atoms with Gasteiger partial charge in [0.15, 0.2) is 0 Å². The molecule has 0 N–H and O–H groups in total. The molecule has 0 aliphatic rings. The molecule has 0 amide bonds. The van der Waals surface area contributed by atoms with E-state index in [-0.39, 0.29) is 0 Å². The van der Waals surface area contributed by atoms with Gasteiger partial charge in [-0.2, -0.15) is 0 Å². The van der Waals surface area contributed by atoms with E-state index in [1.54, 1.807) is 10.8 Å². The van der Waals surface area contributed by atoms with E-state index < -0.39 is 0 Å². The molecule has 0 unspecified atom stereocenters. The Labute approximate surface area is 61.2 Å². The van der Waals surface area contributed by atoms with E-state index in [4.69, 9.17) is 0 Å². The second kappa shape index (κ2) is 7.70. The maximum Gasteiger partial charge on any atom is 0.00345 e. The van der Waals surface area contributed by atoms with Crippen LogP contribution < -0.4 is 0 Å². The molecule has 0 saturated carbocycles. The third-order valence-corrected chi connectivity index (χ3v) is 2.00. The van der Waals surface area contributed by atoms with Crippen molar-refractivity contribution in [1.82, 2.24) is 0 Å². The van der Waals surface area contributed by atoms with Crippen molar-refractivity contribution in [3.63, 3.8) is 0 Å². The van der Waals surface area contributed by atoms with Crippen LogP contribution in [0.15, 0.2) is 0 Å². The zero-order valence-corrected chi connectivity index (χ0v) is 6.97. The highest BCUT2D eigenvalue weighted by Crippen LogP contribution is 2.09. The zero-order valence-electron chi connectivity index (χ0n) is 5.26. The van der Waals surface area contributed by atoms with E-state index in [0.717, 1.165) is 0 Å². The van der Waals surface area contributed by atoms with Crippen LogP contribution in [0.4, 0.5) is 0 Å². The molecule has 2 heteroatoms. The van der Waals surface area contributed by atoms with Gasteiger partial charge in [-0.25, -0.2) is 0 Å². The molecule has 1 radical (unpaired) electrons. The molecule has 0 rings (SSSR count). The lowest BCUT2D eigenvalue weighted by Gasteiger charge is -1.92. The fourth-order valence-electron chi connectivity index (χ4n) is 0.515. The van der Waals surface area contributed by atoms with E-state index in [1.165, 1.54) is 25.0 Å². The minimum atomic E-state index is 1.19. The first kappa shape index (κ1) is 8.70. The van der Waals surface area contributed by atoms with Gasteiger partial charge in [-0.15, -0.1) is 11.7 Å². The van der Waals surface area contributed by atoms with Crippen LogP contribution in [-0.4, -0.2) is 5.75 Å². The molecule has 0 aliphatic carbocycles. The average Bonchev–Trinajstić information content (AvgIpc) is 1.81. The van der Waals surface area contributed by atoms with Crippen LogP contribution in [0.2, 0.25) is 0 Å². The molecule has 0 saturated heterocycles. The van der Waals surface area contributed by atoms with Crippen LogP contribution in [-0.2, 0) is 0 Å². The van der Waals surface area contributed by atoms with Crippen molar-refractivity contribution in [3.05, 3.63) is 6.42 Å². The summed E-state index contributed by atoms with van der Waals surface area (Å²) >= 11 is 4.03. The van der Waals surface area contributed by atoms with Crippen LogP contribution in [0, 0.1) is 6.42 Å². The molecule has 49 valence electrons. The highest BCUT2D eigenvalue weighted by molar-refractivity contribution is 8.68. The first-order chi connectivity index (χ1) is 3.91. The standard InChI is InChI=1S/C6H13S2/c1-2-3-4-5-6-8-7/h2,7H,3-6H2,1H3. The average molecular weight is 149 g/mol. The molecule has 0 aromatic carbocycles. The van der Waals surface area contributed by atoms with Gasteiger partial charge in [0, 0.05) is 5.75 Å². The van der Waals surface area contributed by atoms with Crippen molar-refractivity contribution < 1.29 is 0 Å². The lowest BCUT2D eigenvalue weighted by atomic mass is 10.2. The minimum absolute atomic E-state index is 1.19. The number of rotatable bonds is 5. The molecule has 0 atom stereocenters. The fraction of sp³-hybridized carbons (Fsp3) is 0.833. The van der Waals surface area contributed by atoms with Crippen LogP contribution >= 0.6 is 22.5 Å². The highest BCUT2D eigenvalue weighted by Gasteiger charge is 1.84. The second-order valence-corrected chi connectivity index (χ2v) is 3.18. The van der Waals surface area contributed by atoms with Gasteiger partial charge < -0.3 is 0 Å². The number of unbranched alkanes of at least 4 members (excludes halogenated alkanes) is 3. The number of thiol groups is 1. The van der Waals surface area contributed by atoms with Crippen LogP contribution in [0.25, 0.3) is 0 Å². The molecule has 0 nitrogen and oxygen atoms in total. The normalized spacial score (nSPS) is 9.75. The van der Waals surface area contributed by atoms with Gasteiger partial charge in [0.25, 0.3) is 0 Å². The summed E-state index contributed by atoms with van der Waals surface area (Å²) in [7, 11) is 1.63. The molecule has 0 fully saturated rings. The topological polar surface area (TPSA) is 0 Å². The van der Waals surface area contributed by atoms with E-state index in [2.05, 4.69) is 25.0 Å². The quantitative estimate of drug-likeness (QED) is 0.356. The summed E-state index contributed by atoms with van der Waals surface area (Å²) in [6.07, 6.45) is 6.10. The van der Waals surface area contributed by atoms with Gasteiger partial charge in [0.2, 0.25) is 0 Å². The first-order valence-electron chi connectivity index (χ1n) is 2.96. The van der Waals surface area contributed by atoms with Gasteiger partial charge in [0.05, 0.1) is 0 Å². The smallest absolute Gasteiger partial charge is 0.00345 e. The largest absolute Gasteiger partial charge is 0.111 e. The summed E-state index contributed by atoms with van der Waals surface area (Å²) in [6.45, 7) is 2.10. The van der Waals surface area contributed by atoms with E-state index in [9.17, 15) is 0 Å². The van der Waals surface area contributed by atoms with Crippen molar-refractivity contribution in [3.8, 4) is 0 Å². The Kier molecular flexibility index (Phi) is 8.37. The Morgan fingerprint density at radius 1 is 1.50 bits per heavy atom. The molecule has 0 aromatic rings. The Hall–Kier alpha value is 0.700. The van der Waals surface area contributed by atoms with E-state index in [1.807, 2.05) is 0 Å². The summed E-state index contributed by atoms with van der Waals surface area (Å²) < 4.78 is 0. The summed E-state index contributed by atoms with van der Waals surface area (Å²) in [5.74, 6) is 1.19. The van der Waals surface area contributed by atoms with Gasteiger partial charge in [-0.3, -0.25) is 0 Å². The lowest BCUT2D eigenvalue weighted by Crippen LogP contribution is -1.76. The second-order valence-electron chi connectivity index (χ2n) is 1.74. The van der Waals surface area contributed by atoms with E-state index in [0.29, 0.717) is 0 Å². The number of hydrogen-bond donors (Lipinski definition) is 1. The first-order valence-corrected chi connectivity index (χ1v) is 4.99. The monoisotopic (exact) mass is 149 g/mol. The van der Waals surface area contributed by atoms with Crippen molar-refractivity contribution in [2.75, 3.05) is 5.75 Å². The Balaban J connectivity index is 2.53. The predicted molar refractivity (Wildman–Crippen MR) is 45.3 cm³/mol. The van der Waals surface area contributed by atoms with Crippen LogP contribution in [0.1, 0.15) is 26.2 Å². The molecule has 0 spiro atoms. The molecule has 0 aromatic heterocycles. The summed E-state index contributed by atoms with van der Waals surface area (Å²) in [5, 5.41) is 0. The van der Waals surface area contributed by atoms with Crippen molar-refractivity contribution in [1.29, 1.82) is 0 Å². The van der Waals surface area contributed by atoms with Crippen LogP contribution in [0.5, 0.6) is 0 Å². The maximum atomic E-state index is 4.03. The fourth-order valence-corrected chi connectivity index (χ4v) is 1.24. The minimum Gasteiger partial charge on any atom is -0.111 e. The molecular formula is C6H13S2. The van der Waals surface area contributed by atoms with Gasteiger partial charge in [0.1, 0.15) is 0 Å². The summed E-state index contributed by atoms with van der Waals surface area (Å²) in [6, 6.07) is 0. The number of hydrogen-bond acceptors (Lipinski definition) is 2. The summed E-state index contributed by atoms with van der Waals surface area (Å²) in [5.41, 5.74) is 0. The molecule has 8 heavy (non-hydrogen) atoms. The lowest BCUT2D eigenvalue weighted by molar-refractivity contribution is 0.792. The highest BCUT2D eigenvalue weighted by atomic mass is 33.1. The Morgan fingerprint density at radius 2 is 2.25 bits per heavy atom. The van der Waals surface area contributed by atoms with Gasteiger partial charge in [-0.1, -0.05) is 30.6 Å². The third-order valence-electron chi connectivity index (χ3n) is 0.978.